The van der Waals surface area contributed by atoms with E-state index >= 15 is 0 Å². The van der Waals surface area contributed by atoms with Crippen LogP contribution < -0.4 is 15.5 Å². The van der Waals surface area contributed by atoms with E-state index < -0.39 is 11.7 Å². The number of ether oxygens (including phenoxy) is 1. The lowest BCUT2D eigenvalue weighted by atomic mass is 9.90. The topological polar surface area (TPSA) is 49.4 Å². The third-order valence-electron chi connectivity index (χ3n) is 5.57. The van der Waals surface area contributed by atoms with Gasteiger partial charge in [0.15, 0.2) is 0 Å². The van der Waals surface area contributed by atoms with Crippen LogP contribution in [0.3, 0.4) is 0 Å². The first-order valence-electron chi connectivity index (χ1n) is 11.0. The van der Waals surface area contributed by atoms with Gasteiger partial charge in [0, 0.05) is 24.8 Å². The summed E-state index contributed by atoms with van der Waals surface area (Å²) in [6.45, 7) is 9.12. The average Bonchev–Trinajstić information content (AvgIpc) is 2.80. The van der Waals surface area contributed by atoms with Gasteiger partial charge in [-0.05, 0) is 48.7 Å². The second kappa shape index (κ2) is 10.2. The summed E-state index contributed by atoms with van der Waals surface area (Å²) < 4.78 is 45.0. The third kappa shape index (κ3) is 5.61. The molecular weight excluding hydrogens is 405 g/mol. The number of nitrogens with one attached hydrogen (secondary N) is 2. The number of halogens is 3. The first kappa shape index (κ1) is 23.2. The summed E-state index contributed by atoms with van der Waals surface area (Å²) in [5.41, 5.74) is 1.77. The monoisotopic (exact) mass is 436 g/mol. The fourth-order valence-electron chi connectivity index (χ4n) is 3.91. The minimum atomic E-state index is -4.36. The Hall–Kier alpha value is -2.48. The van der Waals surface area contributed by atoms with Crippen molar-refractivity contribution in [3.05, 3.63) is 47.7 Å². The SMILES string of the molecule is CC.CC[C@@H]1C[C@H](Nc2ccc(N3CCOCC3)cn2)c2cc(C(F)(F)F)ccc2N1. The number of anilines is 3. The van der Waals surface area contributed by atoms with E-state index in [0.717, 1.165) is 37.0 Å². The van der Waals surface area contributed by atoms with Gasteiger partial charge in [0.05, 0.1) is 36.7 Å². The van der Waals surface area contributed by atoms with Crippen molar-refractivity contribution in [2.75, 3.05) is 41.8 Å². The van der Waals surface area contributed by atoms with Crippen molar-refractivity contribution in [3.8, 4) is 0 Å². The van der Waals surface area contributed by atoms with E-state index in [2.05, 4.69) is 27.4 Å². The maximum Gasteiger partial charge on any atom is 0.416 e. The largest absolute Gasteiger partial charge is 0.416 e. The Morgan fingerprint density at radius 1 is 1.16 bits per heavy atom. The number of morpholine rings is 1. The van der Waals surface area contributed by atoms with Gasteiger partial charge in [0.25, 0.3) is 0 Å². The first-order valence-corrected chi connectivity index (χ1v) is 11.0. The number of alkyl halides is 3. The fourth-order valence-corrected chi connectivity index (χ4v) is 3.91. The molecule has 5 nitrogen and oxygen atoms in total. The van der Waals surface area contributed by atoms with Gasteiger partial charge >= 0.3 is 6.18 Å². The Morgan fingerprint density at radius 3 is 2.52 bits per heavy atom. The van der Waals surface area contributed by atoms with Crippen LogP contribution >= 0.6 is 0 Å². The summed E-state index contributed by atoms with van der Waals surface area (Å²) in [6.07, 6.45) is -0.974. The Labute approximate surface area is 182 Å². The predicted molar refractivity (Wildman–Crippen MR) is 119 cm³/mol. The van der Waals surface area contributed by atoms with Crippen LogP contribution in [0.25, 0.3) is 0 Å². The van der Waals surface area contributed by atoms with Crippen LogP contribution in [0.2, 0.25) is 0 Å². The van der Waals surface area contributed by atoms with Gasteiger partial charge in [-0.15, -0.1) is 0 Å². The fraction of sp³-hybridized carbons (Fsp3) is 0.522. The second-order valence-electron chi connectivity index (χ2n) is 7.48. The zero-order valence-corrected chi connectivity index (χ0v) is 18.3. The van der Waals surface area contributed by atoms with E-state index in [9.17, 15) is 13.2 Å². The van der Waals surface area contributed by atoms with E-state index in [1.807, 2.05) is 26.0 Å². The number of aromatic nitrogens is 1. The minimum Gasteiger partial charge on any atom is -0.382 e. The lowest BCUT2D eigenvalue weighted by molar-refractivity contribution is -0.137. The number of rotatable bonds is 4. The van der Waals surface area contributed by atoms with Crippen molar-refractivity contribution < 1.29 is 17.9 Å². The molecule has 4 rings (SSSR count). The van der Waals surface area contributed by atoms with E-state index in [1.54, 1.807) is 6.20 Å². The number of nitrogens with zero attached hydrogens (tertiary/aromatic N) is 2. The summed E-state index contributed by atoms with van der Waals surface area (Å²) in [5, 5.41) is 6.70. The van der Waals surface area contributed by atoms with Gasteiger partial charge in [-0.3, -0.25) is 0 Å². The molecule has 0 aliphatic carbocycles. The summed E-state index contributed by atoms with van der Waals surface area (Å²) in [7, 11) is 0. The van der Waals surface area contributed by atoms with Crippen LogP contribution in [-0.4, -0.2) is 37.3 Å². The van der Waals surface area contributed by atoms with Crippen LogP contribution in [0.5, 0.6) is 0 Å². The summed E-state index contributed by atoms with van der Waals surface area (Å²) in [6, 6.07) is 7.76. The molecule has 1 aromatic carbocycles. The normalized spacial score (nSPS) is 20.8. The predicted octanol–water partition coefficient (Wildman–Crippen LogP) is 5.71. The number of pyridine rings is 1. The summed E-state index contributed by atoms with van der Waals surface area (Å²) >= 11 is 0. The van der Waals surface area contributed by atoms with Gasteiger partial charge in [-0.25, -0.2) is 4.98 Å². The highest BCUT2D eigenvalue weighted by molar-refractivity contribution is 5.60. The number of hydrogen-bond acceptors (Lipinski definition) is 5. The molecule has 1 saturated heterocycles. The molecule has 1 aromatic heterocycles. The molecule has 2 atom stereocenters. The molecular formula is C23H31F3N4O. The molecule has 2 aliphatic heterocycles. The molecule has 2 N–H and O–H groups in total. The van der Waals surface area contributed by atoms with Crippen molar-refractivity contribution in [1.82, 2.24) is 4.98 Å². The molecule has 0 amide bonds. The molecule has 0 spiro atoms. The average molecular weight is 437 g/mol. The highest BCUT2D eigenvalue weighted by atomic mass is 19.4. The molecule has 0 radical (unpaired) electrons. The molecule has 3 heterocycles. The van der Waals surface area contributed by atoms with Gasteiger partial charge in [0.1, 0.15) is 5.82 Å². The zero-order chi connectivity index (χ0) is 22.4. The molecule has 0 bridgehead atoms. The van der Waals surface area contributed by atoms with Crippen LogP contribution in [0.15, 0.2) is 36.5 Å². The lowest BCUT2D eigenvalue weighted by Crippen LogP contribution is -2.36. The molecule has 2 aromatic rings. The number of benzene rings is 1. The minimum absolute atomic E-state index is 0.198. The zero-order valence-electron chi connectivity index (χ0n) is 18.3. The Balaban J connectivity index is 0.00000132. The second-order valence-corrected chi connectivity index (χ2v) is 7.48. The quantitative estimate of drug-likeness (QED) is 0.643. The Morgan fingerprint density at radius 2 is 1.90 bits per heavy atom. The molecule has 170 valence electrons. The van der Waals surface area contributed by atoms with Crippen molar-refractivity contribution in [2.45, 2.75) is 51.9 Å². The van der Waals surface area contributed by atoms with Gasteiger partial charge < -0.3 is 20.3 Å². The molecule has 1 fully saturated rings. The molecule has 31 heavy (non-hydrogen) atoms. The lowest BCUT2D eigenvalue weighted by Gasteiger charge is -2.34. The molecule has 2 aliphatic rings. The molecule has 0 saturated carbocycles. The van der Waals surface area contributed by atoms with Crippen LogP contribution in [-0.2, 0) is 10.9 Å². The number of hydrogen-bond donors (Lipinski definition) is 2. The van der Waals surface area contributed by atoms with Crippen molar-refractivity contribution >= 4 is 17.2 Å². The highest BCUT2D eigenvalue weighted by Gasteiger charge is 2.34. The molecule has 0 unspecified atom stereocenters. The first-order chi connectivity index (χ1) is 14.9. The van der Waals surface area contributed by atoms with E-state index in [4.69, 9.17) is 4.74 Å². The van der Waals surface area contributed by atoms with Crippen molar-refractivity contribution in [2.24, 2.45) is 0 Å². The Kier molecular flexibility index (Phi) is 7.64. The van der Waals surface area contributed by atoms with Gasteiger partial charge in [0.2, 0.25) is 0 Å². The maximum atomic E-state index is 13.2. The van der Waals surface area contributed by atoms with E-state index in [-0.39, 0.29) is 12.1 Å². The third-order valence-corrected chi connectivity index (χ3v) is 5.57. The number of fused-ring (bicyclic) bond motifs is 1. The Bertz CT molecular complexity index is 836. The standard InChI is InChI=1S/C21H25F3N4O.C2H6/c1-2-15-12-19(17-11-14(21(22,23)24)3-5-18(17)26-15)27-20-6-4-16(13-25-20)28-7-9-29-10-8-28;1-2/h3-6,11,13,15,19,26H,2,7-10,12H2,1H3,(H,25,27);1-2H3/t15-,19+;/m1./s1. The van der Waals surface area contributed by atoms with Crippen molar-refractivity contribution in [3.63, 3.8) is 0 Å². The van der Waals surface area contributed by atoms with Gasteiger partial charge in [-0.1, -0.05) is 20.8 Å². The van der Waals surface area contributed by atoms with Crippen LogP contribution in [0, 0.1) is 0 Å². The summed E-state index contributed by atoms with van der Waals surface area (Å²) in [5.74, 6) is 0.659. The van der Waals surface area contributed by atoms with Crippen molar-refractivity contribution in [1.29, 1.82) is 0 Å². The van der Waals surface area contributed by atoms with E-state index in [1.165, 1.54) is 12.1 Å². The highest BCUT2D eigenvalue weighted by Crippen LogP contribution is 2.39. The smallest absolute Gasteiger partial charge is 0.382 e. The van der Waals surface area contributed by atoms with Crippen LogP contribution in [0.1, 0.15) is 50.8 Å². The van der Waals surface area contributed by atoms with Crippen LogP contribution in [0.4, 0.5) is 30.4 Å². The summed E-state index contributed by atoms with van der Waals surface area (Å²) in [4.78, 5) is 6.72. The molecule has 8 heteroatoms. The maximum absolute atomic E-state index is 13.2. The van der Waals surface area contributed by atoms with E-state index in [0.29, 0.717) is 31.0 Å². The van der Waals surface area contributed by atoms with Gasteiger partial charge in [-0.2, -0.15) is 13.2 Å².